The molecule has 0 spiro atoms. The third-order valence-electron chi connectivity index (χ3n) is 3.98. The van der Waals surface area contributed by atoms with Gasteiger partial charge in [-0.05, 0) is 86.9 Å². The van der Waals surface area contributed by atoms with E-state index in [2.05, 4.69) is 54.0 Å². The second-order valence-electron chi connectivity index (χ2n) is 6.21. The largest absolute Gasteiger partial charge is 0.490 e. The molecule has 0 radical (unpaired) electrons. The van der Waals surface area contributed by atoms with E-state index in [9.17, 15) is 10.1 Å². The predicted octanol–water partition coefficient (Wildman–Crippen LogP) is 5.78. The molecule has 3 rings (SSSR count). The van der Waals surface area contributed by atoms with Crippen LogP contribution < -0.4 is 14.9 Å². The fourth-order valence-electron chi connectivity index (χ4n) is 2.53. The van der Waals surface area contributed by atoms with E-state index in [0.717, 1.165) is 15.6 Å². The van der Waals surface area contributed by atoms with Crippen molar-refractivity contribution in [2.45, 2.75) is 13.5 Å². The van der Waals surface area contributed by atoms with Crippen LogP contribution in [0.25, 0.3) is 0 Å². The zero-order valence-corrected chi connectivity index (χ0v) is 20.2. The molecule has 0 aliphatic heterocycles. The highest BCUT2D eigenvalue weighted by molar-refractivity contribution is 14.1. The molecule has 0 amide bonds. The summed E-state index contributed by atoms with van der Waals surface area (Å²) in [6.45, 7) is 2.80. The van der Waals surface area contributed by atoms with Crippen LogP contribution in [0, 0.1) is 13.7 Å². The van der Waals surface area contributed by atoms with E-state index in [1.807, 2.05) is 43.3 Å². The average molecular weight is 597 g/mol. The number of aromatic nitrogens is 1. The highest BCUT2D eigenvalue weighted by atomic mass is 127. The van der Waals surface area contributed by atoms with Gasteiger partial charge in [0.2, 0.25) is 0 Å². The molecule has 0 atom stereocenters. The predicted molar refractivity (Wildman–Crippen MR) is 131 cm³/mol. The SMILES string of the molecule is CCOc1cc(/C=N/Nc2ccc([N+](=O)[O-])cn2)cc(Br)c1OCc1ccc(I)cc1. The number of hydrazone groups is 1. The van der Waals surface area contributed by atoms with E-state index in [-0.39, 0.29) is 5.69 Å². The summed E-state index contributed by atoms with van der Waals surface area (Å²) in [4.78, 5) is 14.1. The Balaban J connectivity index is 1.71. The van der Waals surface area contributed by atoms with Crippen LogP contribution in [0.5, 0.6) is 11.5 Å². The number of pyridine rings is 1. The van der Waals surface area contributed by atoms with Crippen molar-refractivity contribution in [2.24, 2.45) is 5.10 Å². The number of benzene rings is 2. The van der Waals surface area contributed by atoms with Gasteiger partial charge < -0.3 is 9.47 Å². The molecular formula is C21H18BrIN4O4. The molecule has 2 aromatic carbocycles. The Labute approximate surface area is 201 Å². The van der Waals surface area contributed by atoms with Crippen molar-refractivity contribution in [2.75, 3.05) is 12.0 Å². The van der Waals surface area contributed by atoms with Gasteiger partial charge in [-0.2, -0.15) is 5.10 Å². The maximum Gasteiger partial charge on any atom is 0.287 e. The van der Waals surface area contributed by atoms with Crippen molar-refractivity contribution in [1.82, 2.24) is 4.98 Å². The highest BCUT2D eigenvalue weighted by Crippen LogP contribution is 2.37. The maximum atomic E-state index is 10.7. The first-order chi connectivity index (χ1) is 15.0. The number of ether oxygens (including phenoxy) is 2. The van der Waals surface area contributed by atoms with Gasteiger partial charge in [0.1, 0.15) is 18.6 Å². The molecule has 10 heteroatoms. The van der Waals surface area contributed by atoms with Crippen LogP contribution in [-0.4, -0.2) is 22.7 Å². The van der Waals surface area contributed by atoms with E-state index in [1.54, 1.807) is 6.21 Å². The molecule has 0 fully saturated rings. The van der Waals surface area contributed by atoms with Gasteiger partial charge in [0.25, 0.3) is 5.69 Å². The fourth-order valence-corrected chi connectivity index (χ4v) is 3.47. The van der Waals surface area contributed by atoms with Crippen LogP contribution in [0.3, 0.4) is 0 Å². The van der Waals surface area contributed by atoms with Gasteiger partial charge >= 0.3 is 0 Å². The lowest BCUT2D eigenvalue weighted by molar-refractivity contribution is -0.385. The molecular weight excluding hydrogens is 579 g/mol. The third-order valence-corrected chi connectivity index (χ3v) is 5.29. The topological polar surface area (TPSA) is 98.9 Å². The molecule has 0 saturated heterocycles. The van der Waals surface area contributed by atoms with Crippen molar-refractivity contribution in [3.8, 4) is 11.5 Å². The summed E-state index contributed by atoms with van der Waals surface area (Å²) in [6, 6.07) is 14.6. The number of halogens is 2. The number of hydrogen-bond acceptors (Lipinski definition) is 7. The zero-order chi connectivity index (χ0) is 22.2. The monoisotopic (exact) mass is 596 g/mol. The number of anilines is 1. The number of nitro groups is 1. The van der Waals surface area contributed by atoms with Gasteiger partial charge in [0.15, 0.2) is 11.5 Å². The molecule has 160 valence electrons. The van der Waals surface area contributed by atoms with Gasteiger partial charge in [-0.1, -0.05) is 12.1 Å². The minimum atomic E-state index is -0.505. The molecule has 0 aliphatic carbocycles. The van der Waals surface area contributed by atoms with Gasteiger partial charge in [0.05, 0.1) is 22.2 Å². The molecule has 0 aliphatic rings. The van der Waals surface area contributed by atoms with Crippen LogP contribution >= 0.6 is 38.5 Å². The highest BCUT2D eigenvalue weighted by Gasteiger charge is 2.12. The van der Waals surface area contributed by atoms with Crippen LogP contribution in [0.1, 0.15) is 18.1 Å². The molecule has 1 heterocycles. The van der Waals surface area contributed by atoms with E-state index in [0.29, 0.717) is 30.5 Å². The first kappa shape index (κ1) is 22.9. The lowest BCUT2D eigenvalue weighted by Gasteiger charge is -2.14. The van der Waals surface area contributed by atoms with Crippen molar-refractivity contribution in [3.63, 3.8) is 0 Å². The van der Waals surface area contributed by atoms with Gasteiger partial charge in [-0.15, -0.1) is 0 Å². The van der Waals surface area contributed by atoms with Gasteiger partial charge in [-0.25, -0.2) is 4.98 Å². The number of nitrogens with one attached hydrogen (secondary N) is 1. The first-order valence-electron chi connectivity index (χ1n) is 9.19. The number of rotatable bonds is 9. The van der Waals surface area contributed by atoms with E-state index < -0.39 is 4.92 Å². The number of hydrogen-bond donors (Lipinski definition) is 1. The third kappa shape index (κ3) is 6.62. The second-order valence-corrected chi connectivity index (χ2v) is 8.31. The Morgan fingerprint density at radius 3 is 2.65 bits per heavy atom. The van der Waals surface area contributed by atoms with Crippen LogP contribution in [0.15, 0.2) is 64.3 Å². The minimum Gasteiger partial charge on any atom is -0.490 e. The summed E-state index contributed by atoms with van der Waals surface area (Å²) in [7, 11) is 0. The summed E-state index contributed by atoms with van der Waals surface area (Å²) in [5.74, 6) is 1.60. The Kier molecular flexibility index (Phi) is 8.18. The quantitative estimate of drug-likeness (QED) is 0.145. The molecule has 1 aromatic heterocycles. The smallest absolute Gasteiger partial charge is 0.287 e. The average Bonchev–Trinajstić information content (AvgIpc) is 2.75. The summed E-state index contributed by atoms with van der Waals surface area (Å²) in [6.07, 6.45) is 2.76. The van der Waals surface area contributed by atoms with E-state index in [1.165, 1.54) is 21.9 Å². The van der Waals surface area contributed by atoms with Gasteiger partial charge in [-0.3, -0.25) is 15.5 Å². The van der Waals surface area contributed by atoms with E-state index in [4.69, 9.17) is 9.47 Å². The van der Waals surface area contributed by atoms with Crippen molar-refractivity contribution >= 4 is 56.2 Å². The molecule has 0 bridgehead atoms. The summed E-state index contributed by atoms with van der Waals surface area (Å²) >= 11 is 5.81. The lowest BCUT2D eigenvalue weighted by atomic mass is 10.2. The Morgan fingerprint density at radius 1 is 1.23 bits per heavy atom. The standard InChI is InChI=1S/C21H18BrIN4O4/c1-2-30-19-10-15(11-25-26-20-8-7-17(12-24-20)27(28)29)9-18(22)21(19)31-13-14-3-5-16(23)6-4-14/h3-12H,2,13H2,1H3,(H,24,26)/b25-11+. The second kappa shape index (κ2) is 11.0. The summed E-state index contributed by atoms with van der Waals surface area (Å²) < 4.78 is 13.7. The van der Waals surface area contributed by atoms with Crippen molar-refractivity contribution in [3.05, 3.63) is 84.0 Å². The van der Waals surface area contributed by atoms with Crippen molar-refractivity contribution in [1.29, 1.82) is 0 Å². The maximum absolute atomic E-state index is 10.7. The Bertz CT molecular complexity index is 1080. The summed E-state index contributed by atoms with van der Waals surface area (Å²) in [5, 5.41) is 14.8. The molecule has 0 saturated carbocycles. The molecule has 0 unspecified atom stereocenters. The van der Waals surface area contributed by atoms with Crippen LogP contribution in [0.2, 0.25) is 0 Å². The van der Waals surface area contributed by atoms with Crippen LogP contribution in [-0.2, 0) is 6.61 Å². The summed E-state index contributed by atoms with van der Waals surface area (Å²) in [5.41, 5.74) is 4.49. The van der Waals surface area contributed by atoms with E-state index >= 15 is 0 Å². The molecule has 31 heavy (non-hydrogen) atoms. The Morgan fingerprint density at radius 2 is 2.00 bits per heavy atom. The Hall–Kier alpha value is -2.73. The molecule has 8 nitrogen and oxygen atoms in total. The van der Waals surface area contributed by atoms with Crippen LogP contribution in [0.4, 0.5) is 11.5 Å². The fraction of sp³-hybridized carbons (Fsp3) is 0.143. The first-order valence-corrected chi connectivity index (χ1v) is 11.1. The lowest BCUT2D eigenvalue weighted by Crippen LogP contribution is -2.02. The molecule has 1 N–H and O–H groups in total. The minimum absolute atomic E-state index is 0.0827. The molecule has 3 aromatic rings. The normalized spacial score (nSPS) is 10.8. The van der Waals surface area contributed by atoms with Crippen molar-refractivity contribution < 1.29 is 14.4 Å². The van der Waals surface area contributed by atoms with Gasteiger partial charge in [0, 0.05) is 9.64 Å². The number of nitrogens with zero attached hydrogens (tertiary/aromatic N) is 3. The zero-order valence-electron chi connectivity index (χ0n) is 16.4.